The van der Waals surface area contributed by atoms with E-state index in [2.05, 4.69) is 35.8 Å². The minimum atomic E-state index is -0.916. The van der Waals surface area contributed by atoms with Crippen molar-refractivity contribution >= 4 is 29.0 Å². The van der Waals surface area contributed by atoms with Gasteiger partial charge in [0.1, 0.15) is 0 Å². The van der Waals surface area contributed by atoms with Crippen molar-refractivity contribution in [1.29, 1.82) is 0 Å². The molecule has 2 aromatic carbocycles. The van der Waals surface area contributed by atoms with Gasteiger partial charge in [-0.05, 0) is 29.5 Å². The molecule has 0 radical (unpaired) electrons. The molecule has 1 fully saturated rings. The van der Waals surface area contributed by atoms with Gasteiger partial charge in [0.2, 0.25) is 5.91 Å². The van der Waals surface area contributed by atoms with E-state index >= 15 is 0 Å². The number of carbonyl (C=O) groups excluding carboxylic acids is 2. The molecule has 3 rings (SSSR count). The summed E-state index contributed by atoms with van der Waals surface area (Å²) in [4.78, 5) is 32.7. The van der Waals surface area contributed by atoms with E-state index in [9.17, 15) is 14.4 Å². The monoisotopic (exact) mass is 442 g/mol. The maximum absolute atomic E-state index is 11.6. The van der Waals surface area contributed by atoms with E-state index in [0.29, 0.717) is 13.0 Å². The third-order valence-corrected chi connectivity index (χ3v) is 5.76. The van der Waals surface area contributed by atoms with E-state index in [1.54, 1.807) is 0 Å². The molecule has 1 unspecified atom stereocenters. The van der Waals surface area contributed by atoms with Crippen LogP contribution in [-0.2, 0) is 11.2 Å². The number of rotatable bonds is 9. The van der Waals surface area contributed by atoms with Crippen LogP contribution in [0.15, 0.2) is 54.6 Å². The molecule has 2 aromatic rings. The number of carbonyl (C=O) groups is 3. The molecule has 0 saturated carbocycles. The largest absolute Gasteiger partial charge is 0.465 e. The first-order chi connectivity index (χ1) is 15.0. The van der Waals surface area contributed by atoms with Crippen LogP contribution in [0.3, 0.4) is 0 Å². The molecule has 3 amide bonds. The van der Waals surface area contributed by atoms with Crippen molar-refractivity contribution < 1.29 is 19.5 Å². The molecule has 3 N–H and O–H groups in total. The summed E-state index contributed by atoms with van der Waals surface area (Å²) in [5, 5.41) is 12.3. The average molecular weight is 443 g/mol. The van der Waals surface area contributed by atoms with E-state index in [0.717, 1.165) is 41.3 Å². The molecule has 1 aliphatic heterocycles. The number of unbranched alkanes of at least 4 members (excludes halogenated alkanes) is 4. The van der Waals surface area contributed by atoms with E-state index in [1.807, 2.05) is 36.4 Å². The molecular weight excluding hydrogens is 412 g/mol. The molecule has 1 atom stereocenters. The first-order valence-electron chi connectivity index (χ1n) is 10.6. The topological polar surface area (TPSA) is 95.5 Å². The van der Waals surface area contributed by atoms with Gasteiger partial charge >= 0.3 is 6.09 Å². The Balaban J connectivity index is 0.000000267. The van der Waals surface area contributed by atoms with E-state index in [1.165, 1.54) is 19.3 Å². The SMILES string of the molecule is CCCCCCCNC(=O)O.O=C1NC(=O)C(Cc2cccc(-c3ccccc3)c2)S1. The predicted octanol–water partition coefficient (Wildman–Crippen LogP) is 5.47. The highest BCUT2D eigenvalue weighted by Gasteiger charge is 2.31. The number of thioether (sulfide) groups is 1. The number of hydrogen-bond acceptors (Lipinski definition) is 4. The van der Waals surface area contributed by atoms with Gasteiger partial charge in [-0.1, -0.05) is 99.0 Å². The second-order valence-electron chi connectivity index (χ2n) is 7.30. The molecule has 1 heterocycles. The van der Waals surface area contributed by atoms with Gasteiger partial charge in [0.05, 0.1) is 5.25 Å². The van der Waals surface area contributed by atoms with Crippen molar-refractivity contribution in [2.75, 3.05) is 6.54 Å². The van der Waals surface area contributed by atoms with Gasteiger partial charge in [0.25, 0.3) is 5.24 Å². The summed E-state index contributed by atoms with van der Waals surface area (Å²) in [6.07, 6.45) is 5.46. The van der Waals surface area contributed by atoms with Crippen LogP contribution >= 0.6 is 11.8 Å². The third kappa shape index (κ3) is 9.26. The summed E-state index contributed by atoms with van der Waals surface area (Å²) in [6, 6.07) is 18.2. The lowest BCUT2D eigenvalue weighted by atomic mass is 10.0. The summed E-state index contributed by atoms with van der Waals surface area (Å²) >= 11 is 1.07. The summed E-state index contributed by atoms with van der Waals surface area (Å²) in [7, 11) is 0. The molecule has 6 nitrogen and oxygen atoms in total. The van der Waals surface area contributed by atoms with E-state index < -0.39 is 6.09 Å². The smallest absolute Gasteiger partial charge is 0.404 e. The highest BCUT2D eigenvalue weighted by molar-refractivity contribution is 8.15. The number of amides is 3. The van der Waals surface area contributed by atoms with Crippen molar-refractivity contribution in [1.82, 2.24) is 10.6 Å². The summed E-state index contributed by atoms with van der Waals surface area (Å²) in [6.45, 7) is 2.76. The fourth-order valence-electron chi connectivity index (χ4n) is 3.17. The molecule has 1 aliphatic rings. The lowest BCUT2D eigenvalue weighted by Crippen LogP contribution is -2.25. The van der Waals surface area contributed by atoms with Crippen LogP contribution in [0.2, 0.25) is 0 Å². The van der Waals surface area contributed by atoms with Gasteiger partial charge in [-0.2, -0.15) is 0 Å². The van der Waals surface area contributed by atoms with Crippen molar-refractivity contribution in [3.63, 3.8) is 0 Å². The maximum Gasteiger partial charge on any atom is 0.404 e. The molecule has 0 bridgehead atoms. The van der Waals surface area contributed by atoms with Gasteiger partial charge in [-0.3, -0.25) is 14.9 Å². The fraction of sp³-hybridized carbons (Fsp3) is 0.375. The van der Waals surface area contributed by atoms with Crippen molar-refractivity contribution in [3.05, 3.63) is 60.2 Å². The molecular formula is C24H30N2O4S. The zero-order chi connectivity index (χ0) is 22.5. The fourth-order valence-corrected chi connectivity index (χ4v) is 4.03. The molecule has 7 heteroatoms. The Morgan fingerprint density at radius 3 is 2.35 bits per heavy atom. The highest BCUT2D eigenvalue weighted by Crippen LogP contribution is 2.25. The van der Waals surface area contributed by atoms with Crippen LogP contribution in [0, 0.1) is 0 Å². The summed E-state index contributed by atoms with van der Waals surface area (Å²) < 4.78 is 0. The standard InChI is InChI=1S/C16H13NO2S.C8H17NO2/c18-15-14(20-16(19)17-15)10-11-5-4-8-13(9-11)12-6-2-1-3-7-12;1-2-3-4-5-6-7-9-8(10)11/h1-9,14H,10H2,(H,17,18,19);9H,2-7H2,1H3,(H,10,11). The van der Waals surface area contributed by atoms with Crippen LogP contribution in [0.25, 0.3) is 11.1 Å². The normalized spacial score (nSPS) is 15.1. The Morgan fingerprint density at radius 2 is 1.71 bits per heavy atom. The van der Waals surface area contributed by atoms with Crippen LogP contribution < -0.4 is 10.6 Å². The number of hydrogen-bond donors (Lipinski definition) is 3. The van der Waals surface area contributed by atoms with Gasteiger partial charge in [-0.25, -0.2) is 4.79 Å². The number of carboxylic acid groups (broad SMARTS) is 1. The Kier molecular flexibility index (Phi) is 10.6. The average Bonchev–Trinajstić information content (AvgIpc) is 3.08. The second kappa shape index (κ2) is 13.5. The van der Waals surface area contributed by atoms with Crippen molar-refractivity contribution in [2.45, 2.75) is 50.7 Å². The maximum atomic E-state index is 11.6. The molecule has 0 spiro atoms. The summed E-state index contributed by atoms with van der Waals surface area (Å²) in [5.41, 5.74) is 3.33. The lowest BCUT2D eigenvalue weighted by molar-refractivity contribution is -0.118. The predicted molar refractivity (Wildman–Crippen MR) is 125 cm³/mol. The number of nitrogens with one attached hydrogen (secondary N) is 2. The van der Waals surface area contributed by atoms with Crippen LogP contribution in [0.4, 0.5) is 9.59 Å². The molecule has 1 saturated heterocycles. The van der Waals surface area contributed by atoms with E-state index in [4.69, 9.17) is 5.11 Å². The Hall–Kier alpha value is -2.80. The summed E-state index contributed by atoms with van der Waals surface area (Å²) in [5.74, 6) is -0.190. The molecule has 0 aromatic heterocycles. The van der Waals surface area contributed by atoms with Gasteiger partial charge in [0, 0.05) is 6.54 Å². The second-order valence-corrected chi connectivity index (χ2v) is 8.48. The first kappa shape index (κ1) is 24.5. The van der Waals surface area contributed by atoms with Crippen LogP contribution in [0.5, 0.6) is 0 Å². The van der Waals surface area contributed by atoms with Gasteiger partial charge in [0.15, 0.2) is 0 Å². The number of benzene rings is 2. The zero-order valence-corrected chi connectivity index (χ0v) is 18.6. The minimum absolute atomic E-state index is 0.190. The van der Waals surface area contributed by atoms with Crippen molar-refractivity contribution in [3.8, 4) is 11.1 Å². The van der Waals surface area contributed by atoms with Gasteiger partial charge < -0.3 is 10.4 Å². The lowest BCUT2D eigenvalue weighted by Gasteiger charge is -2.08. The Labute approximate surface area is 187 Å². The highest BCUT2D eigenvalue weighted by atomic mass is 32.2. The Morgan fingerprint density at radius 1 is 1.00 bits per heavy atom. The first-order valence-corrected chi connectivity index (χ1v) is 11.5. The van der Waals surface area contributed by atoms with Gasteiger partial charge in [-0.15, -0.1) is 0 Å². The molecule has 0 aliphatic carbocycles. The van der Waals surface area contributed by atoms with Crippen LogP contribution in [-0.4, -0.2) is 34.1 Å². The third-order valence-electron chi connectivity index (χ3n) is 4.78. The van der Waals surface area contributed by atoms with E-state index in [-0.39, 0.29) is 16.4 Å². The number of imide groups is 1. The van der Waals surface area contributed by atoms with Crippen LogP contribution in [0.1, 0.15) is 44.6 Å². The quantitative estimate of drug-likeness (QED) is 0.448. The molecule has 166 valence electrons. The Bertz CT molecular complexity index is 858. The minimum Gasteiger partial charge on any atom is -0.465 e. The molecule has 31 heavy (non-hydrogen) atoms. The zero-order valence-electron chi connectivity index (χ0n) is 17.8. The van der Waals surface area contributed by atoms with Crippen molar-refractivity contribution in [2.24, 2.45) is 0 Å².